The molecule has 3 rings (SSSR count). The van der Waals surface area contributed by atoms with Crippen molar-refractivity contribution in [2.75, 3.05) is 25.6 Å². The summed E-state index contributed by atoms with van der Waals surface area (Å²) in [7, 11) is 1.56. The van der Waals surface area contributed by atoms with E-state index in [1.807, 2.05) is 19.1 Å². The quantitative estimate of drug-likeness (QED) is 0.351. The number of carbonyl (C=O) groups excluding carboxylic acids is 3. The van der Waals surface area contributed by atoms with Gasteiger partial charge in [0.25, 0.3) is 11.1 Å². The molecule has 1 heterocycles. The van der Waals surface area contributed by atoms with Crippen molar-refractivity contribution >= 4 is 56.5 Å². The van der Waals surface area contributed by atoms with E-state index in [2.05, 4.69) is 27.8 Å². The van der Waals surface area contributed by atoms with Gasteiger partial charge in [-0.3, -0.25) is 19.3 Å². The molecule has 1 N–H and O–H groups in total. The first-order valence-corrected chi connectivity index (χ1v) is 11.7. The van der Waals surface area contributed by atoms with E-state index in [0.717, 1.165) is 22.2 Å². The summed E-state index contributed by atoms with van der Waals surface area (Å²) in [6, 6.07) is 10.7. The van der Waals surface area contributed by atoms with E-state index in [-0.39, 0.29) is 11.4 Å². The van der Waals surface area contributed by atoms with Crippen molar-refractivity contribution in [1.82, 2.24) is 4.90 Å². The summed E-state index contributed by atoms with van der Waals surface area (Å²) in [5.74, 6) is 0.150. The molecule has 1 fully saturated rings. The summed E-state index contributed by atoms with van der Waals surface area (Å²) in [4.78, 5) is 38.9. The van der Waals surface area contributed by atoms with Crippen molar-refractivity contribution in [3.05, 3.63) is 69.6 Å². The minimum absolute atomic E-state index is 0.228. The summed E-state index contributed by atoms with van der Waals surface area (Å²) in [5, 5.41) is 2.20. The number of hydrogen-bond donors (Lipinski definition) is 1. The second-order valence-electron chi connectivity index (χ2n) is 6.93. The van der Waals surface area contributed by atoms with Crippen molar-refractivity contribution in [2.45, 2.75) is 13.3 Å². The fourth-order valence-corrected chi connectivity index (χ4v) is 4.47. The molecule has 0 aliphatic carbocycles. The minimum atomic E-state index is -0.522. The van der Waals surface area contributed by atoms with Crippen molar-refractivity contribution in [3.8, 4) is 11.5 Å². The highest BCUT2D eigenvalue weighted by molar-refractivity contribution is 9.10. The summed E-state index contributed by atoms with van der Waals surface area (Å²) in [5.41, 5.74) is 2.08. The number of methoxy groups -OCH3 is 1. The van der Waals surface area contributed by atoms with Crippen LogP contribution in [0.1, 0.15) is 18.1 Å². The first-order chi connectivity index (χ1) is 15.9. The second kappa shape index (κ2) is 11.2. The number of nitrogens with zero attached hydrogens (tertiary/aromatic N) is 1. The van der Waals surface area contributed by atoms with Gasteiger partial charge in [0.15, 0.2) is 11.5 Å². The third-order valence-electron chi connectivity index (χ3n) is 4.64. The number of para-hydroxylation sites is 1. The van der Waals surface area contributed by atoms with Gasteiger partial charge < -0.3 is 14.8 Å². The molecule has 2 aromatic carbocycles. The first kappa shape index (κ1) is 24.6. The lowest BCUT2D eigenvalue weighted by atomic mass is 10.0. The Morgan fingerprint density at radius 3 is 2.70 bits per heavy atom. The van der Waals surface area contributed by atoms with E-state index < -0.39 is 17.1 Å². The topological polar surface area (TPSA) is 84.9 Å². The zero-order valence-corrected chi connectivity index (χ0v) is 20.6. The summed E-state index contributed by atoms with van der Waals surface area (Å²) < 4.78 is 11.9. The summed E-state index contributed by atoms with van der Waals surface area (Å²) in [6.45, 7) is 5.70. The number of carbonyl (C=O) groups is 3. The Bertz CT molecular complexity index is 1130. The number of imide groups is 1. The van der Waals surface area contributed by atoms with Crippen molar-refractivity contribution in [2.24, 2.45) is 0 Å². The third-order valence-corrected chi connectivity index (χ3v) is 6.24. The van der Waals surface area contributed by atoms with Gasteiger partial charge in [-0.15, -0.1) is 6.58 Å². The third kappa shape index (κ3) is 5.85. The van der Waals surface area contributed by atoms with Gasteiger partial charge in [0.1, 0.15) is 6.54 Å². The van der Waals surface area contributed by atoms with Gasteiger partial charge in [0, 0.05) is 10.0 Å². The van der Waals surface area contributed by atoms with Crippen molar-refractivity contribution < 1.29 is 23.9 Å². The molecule has 33 heavy (non-hydrogen) atoms. The second-order valence-corrected chi connectivity index (χ2v) is 8.78. The first-order valence-electron chi connectivity index (χ1n) is 10.1. The van der Waals surface area contributed by atoms with Crippen LogP contribution >= 0.6 is 27.7 Å². The van der Waals surface area contributed by atoms with Crippen molar-refractivity contribution in [1.29, 1.82) is 0 Å². The highest BCUT2D eigenvalue weighted by Gasteiger charge is 2.36. The number of ether oxygens (including phenoxy) is 2. The highest BCUT2D eigenvalue weighted by atomic mass is 79.9. The van der Waals surface area contributed by atoms with Gasteiger partial charge in [-0.1, -0.05) is 18.2 Å². The maximum Gasteiger partial charge on any atom is 0.294 e. The zero-order valence-electron chi connectivity index (χ0n) is 18.2. The van der Waals surface area contributed by atoms with E-state index in [1.165, 1.54) is 0 Å². The monoisotopic (exact) mass is 530 g/mol. The van der Waals surface area contributed by atoms with E-state index >= 15 is 0 Å². The van der Waals surface area contributed by atoms with E-state index in [1.54, 1.807) is 43.5 Å². The smallest absolute Gasteiger partial charge is 0.294 e. The molecular weight excluding hydrogens is 508 g/mol. The van der Waals surface area contributed by atoms with Crippen LogP contribution in [0.3, 0.4) is 0 Å². The molecule has 0 atom stereocenters. The van der Waals surface area contributed by atoms with Gasteiger partial charge in [0.2, 0.25) is 5.91 Å². The molecule has 1 aliphatic heterocycles. The predicted molar refractivity (Wildman–Crippen MR) is 134 cm³/mol. The molecule has 0 bridgehead atoms. The molecule has 9 heteroatoms. The lowest BCUT2D eigenvalue weighted by Gasteiger charge is -2.15. The Kier molecular flexibility index (Phi) is 8.35. The minimum Gasteiger partial charge on any atom is -0.493 e. The van der Waals surface area contributed by atoms with Crippen LogP contribution in [0.15, 0.2) is 58.4 Å². The zero-order chi connectivity index (χ0) is 24.0. The Morgan fingerprint density at radius 1 is 1.27 bits per heavy atom. The number of allylic oxidation sites excluding steroid dienone is 1. The molecule has 7 nitrogen and oxygen atoms in total. The van der Waals surface area contributed by atoms with E-state index in [4.69, 9.17) is 9.47 Å². The standard InChI is InChI=1S/C24H23BrN2O5S/c1-4-8-16-11-15(12-19(32-5-2)22(16)31-3)13-20-23(29)27(24(30)33-20)14-21(28)26-18-10-7-6-9-17(18)25/h4,6-7,9-13H,1,5,8,14H2,2-3H3,(H,26,28)/b20-13+. The number of hydrogen-bond acceptors (Lipinski definition) is 6. The lowest BCUT2D eigenvalue weighted by molar-refractivity contribution is -0.127. The molecule has 3 amide bonds. The number of rotatable bonds is 9. The predicted octanol–water partition coefficient (Wildman–Crippen LogP) is 5.26. The maximum absolute atomic E-state index is 12.9. The van der Waals surface area contributed by atoms with Crippen LogP contribution in [-0.4, -0.2) is 42.2 Å². The van der Waals surface area contributed by atoms with E-state index in [9.17, 15) is 14.4 Å². The molecule has 172 valence electrons. The molecule has 0 radical (unpaired) electrons. The van der Waals surface area contributed by atoms with Gasteiger partial charge in [-0.2, -0.15) is 0 Å². The summed E-state index contributed by atoms with van der Waals surface area (Å²) in [6.07, 6.45) is 3.90. The SMILES string of the molecule is C=CCc1cc(/C=C2/SC(=O)N(CC(=O)Nc3ccccc3Br)C2=O)cc(OCC)c1OC. The number of thioether (sulfide) groups is 1. The molecular formula is C24H23BrN2O5S. The average Bonchev–Trinajstić information content (AvgIpc) is 3.03. The van der Waals surface area contributed by atoms with Crippen LogP contribution < -0.4 is 14.8 Å². The van der Waals surface area contributed by atoms with Crippen LogP contribution in [0, 0.1) is 0 Å². The van der Waals surface area contributed by atoms with Crippen LogP contribution in [0.4, 0.5) is 10.5 Å². The van der Waals surface area contributed by atoms with E-state index in [0.29, 0.717) is 40.3 Å². The Morgan fingerprint density at radius 2 is 2.03 bits per heavy atom. The van der Waals surface area contributed by atoms with Gasteiger partial charge in [0.05, 0.1) is 24.3 Å². The molecule has 0 saturated carbocycles. The molecule has 1 saturated heterocycles. The Balaban J connectivity index is 1.82. The number of halogens is 1. The van der Waals surface area contributed by atoms with Gasteiger partial charge in [-0.25, -0.2) is 0 Å². The molecule has 0 spiro atoms. The van der Waals surface area contributed by atoms with Crippen molar-refractivity contribution in [3.63, 3.8) is 0 Å². The number of nitrogens with one attached hydrogen (secondary N) is 1. The maximum atomic E-state index is 12.9. The van der Waals surface area contributed by atoms with Crippen LogP contribution in [-0.2, 0) is 16.0 Å². The van der Waals surface area contributed by atoms with Gasteiger partial charge >= 0.3 is 0 Å². The number of amides is 3. The largest absolute Gasteiger partial charge is 0.493 e. The molecule has 2 aromatic rings. The molecule has 1 aliphatic rings. The average molecular weight is 531 g/mol. The normalized spacial score (nSPS) is 14.5. The fraction of sp³-hybridized carbons (Fsp3) is 0.208. The Hall–Kier alpha value is -3.04. The summed E-state index contributed by atoms with van der Waals surface area (Å²) >= 11 is 4.14. The number of benzene rings is 2. The molecule has 0 aromatic heterocycles. The van der Waals surface area contributed by atoms with Crippen LogP contribution in [0.2, 0.25) is 0 Å². The van der Waals surface area contributed by atoms with Gasteiger partial charge in [-0.05, 0) is 76.9 Å². The van der Waals surface area contributed by atoms with Crippen LogP contribution in [0.5, 0.6) is 11.5 Å². The lowest BCUT2D eigenvalue weighted by Crippen LogP contribution is -2.36. The molecule has 0 unspecified atom stereocenters. The Labute approximate surface area is 204 Å². The fourth-order valence-electron chi connectivity index (χ4n) is 3.25. The van der Waals surface area contributed by atoms with Crippen LogP contribution in [0.25, 0.3) is 6.08 Å². The number of anilines is 1. The highest BCUT2D eigenvalue weighted by Crippen LogP contribution is 2.37.